The molecule has 8 heteroatoms. The minimum atomic E-state index is -0.163. The molecule has 0 amide bonds. The summed E-state index contributed by atoms with van der Waals surface area (Å²) in [7, 11) is 0. The highest BCUT2D eigenvalue weighted by Gasteiger charge is 2.22. The molecular formula is C22H24N6O2. The fraction of sp³-hybridized carbons (Fsp3) is 0.273. The van der Waals surface area contributed by atoms with Gasteiger partial charge in [-0.15, -0.1) is 5.10 Å². The summed E-state index contributed by atoms with van der Waals surface area (Å²) in [5.74, 6) is 1.66. The van der Waals surface area contributed by atoms with Crippen LogP contribution in [-0.2, 0) is 5.41 Å². The van der Waals surface area contributed by atoms with Crippen molar-refractivity contribution in [2.75, 3.05) is 17.7 Å². The molecule has 4 rings (SSSR count). The Balaban J connectivity index is 1.78. The highest BCUT2D eigenvalue weighted by molar-refractivity contribution is 5.95. The molecule has 3 N–H and O–H groups in total. The van der Waals surface area contributed by atoms with Gasteiger partial charge in [-0.2, -0.15) is 0 Å². The van der Waals surface area contributed by atoms with E-state index >= 15 is 0 Å². The van der Waals surface area contributed by atoms with Gasteiger partial charge in [-0.25, -0.2) is 9.97 Å². The third-order valence-corrected chi connectivity index (χ3v) is 4.58. The number of ether oxygens (including phenoxy) is 1. The lowest BCUT2D eigenvalue weighted by atomic mass is 9.85. The highest BCUT2D eigenvalue weighted by atomic mass is 16.5. The number of anilines is 3. The molecule has 0 atom stereocenters. The van der Waals surface area contributed by atoms with Gasteiger partial charge in [0.05, 0.1) is 12.1 Å². The summed E-state index contributed by atoms with van der Waals surface area (Å²) in [6, 6.07) is 11.4. The van der Waals surface area contributed by atoms with Gasteiger partial charge >= 0.3 is 6.01 Å². The first-order valence-electron chi connectivity index (χ1n) is 9.74. The number of hydrogen-bond acceptors (Lipinski definition) is 8. The van der Waals surface area contributed by atoms with Crippen LogP contribution in [0.1, 0.15) is 33.3 Å². The molecule has 3 aromatic heterocycles. The van der Waals surface area contributed by atoms with Crippen molar-refractivity contribution in [3.8, 4) is 17.3 Å². The molecule has 0 unspecified atom stereocenters. The number of pyridine rings is 2. The molecule has 0 radical (unpaired) electrons. The Hall–Kier alpha value is -3.68. The van der Waals surface area contributed by atoms with Crippen LogP contribution in [0.2, 0.25) is 0 Å². The molecule has 154 valence electrons. The number of fused-ring (bicyclic) bond motifs is 1. The summed E-state index contributed by atoms with van der Waals surface area (Å²) in [6.45, 7) is 8.92. The second kappa shape index (κ2) is 7.62. The van der Waals surface area contributed by atoms with E-state index in [0.717, 1.165) is 22.2 Å². The standard InChI is InChI=1S/C22H24N6O2/c1-5-29-13-10-14-16(23)12-17(25-19(14)15(11-13)22(2,3)4)20-27-28-21(30-20)26-18-8-6-7-9-24-18/h6-12H,5H2,1-4H3,(H2,23,25)(H,24,26,28). The summed E-state index contributed by atoms with van der Waals surface area (Å²) in [5.41, 5.74) is 9.13. The molecule has 3 heterocycles. The molecule has 0 spiro atoms. The maximum atomic E-state index is 6.39. The van der Waals surface area contributed by atoms with E-state index in [2.05, 4.69) is 41.3 Å². The minimum absolute atomic E-state index is 0.163. The van der Waals surface area contributed by atoms with Gasteiger partial charge in [0.1, 0.15) is 17.3 Å². The first kappa shape index (κ1) is 19.6. The van der Waals surface area contributed by atoms with Crippen molar-refractivity contribution in [2.24, 2.45) is 0 Å². The molecule has 8 nitrogen and oxygen atoms in total. The highest BCUT2D eigenvalue weighted by Crippen LogP contribution is 2.37. The molecule has 0 saturated carbocycles. The maximum Gasteiger partial charge on any atom is 0.321 e. The van der Waals surface area contributed by atoms with E-state index in [9.17, 15) is 0 Å². The quantitative estimate of drug-likeness (QED) is 0.492. The number of hydrogen-bond donors (Lipinski definition) is 2. The maximum absolute atomic E-state index is 6.39. The zero-order chi connectivity index (χ0) is 21.3. The van der Waals surface area contributed by atoms with E-state index in [0.29, 0.717) is 23.8 Å². The first-order chi connectivity index (χ1) is 14.3. The van der Waals surface area contributed by atoms with Gasteiger partial charge in [-0.3, -0.25) is 5.32 Å². The largest absolute Gasteiger partial charge is 0.494 e. The van der Waals surface area contributed by atoms with Gasteiger partial charge in [-0.1, -0.05) is 31.9 Å². The molecule has 0 aliphatic rings. The molecule has 4 aromatic rings. The summed E-state index contributed by atoms with van der Waals surface area (Å²) in [6.07, 6.45) is 1.68. The van der Waals surface area contributed by atoms with Crippen molar-refractivity contribution >= 4 is 28.4 Å². The SMILES string of the molecule is CCOc1cc(C(C)(C)C)c2nc(-c3nnc(Nc4ccccn4)o3)cc(N)c2c1. The normalized spacial score (nSPS) is 11.6. The van der Waals surface area contributed by atoms with E-state index in [1.54, 1.807) is 12.3 Å². The zero-order valence-corrected chi connectivity index (χ0v) is 17.4. The lowest BCUT2D eigenvalue weighted by Gasteiger charge is -2.22. The van der Waals surface area contributed by atoms with Crippen LogP contribution in [-0.4, -0.2) is 26.8 Å². The van der Waals surface area contributed by atoms with Crippen LogP contribution in [0.15, 0.2) is 47.0 Å². The molecule has 0 fully saturated rings. The van der Waals surface area contributed by atoms with Crippen LogP contribution in [0, 0.1) is 0 Å². The summed E-state index contributed by atoms with van der Waals surface area (Å²) in [4.78, 5) is 9.01. The van der Waals surface area contributed by atoms with Crippen molar-refractivity contribution in [3.05, 3.63) is 48.2 Å². The lowest BCUT2D eigenvalue weighted by Crippen LogP contribution is -2.13. The number of nitrogens with zero attached hydrogens (tertiary/aromatic N) is 4. The number of nitrogen functional groups attached to an aromatic ring is 1. The molecular weight excluding hydrogens is 380 g/mol. The molecule has 1 aromatic carbocycles. The lowest BCUT2D eigenvalue weighted by molar-refractivity contribution is 0.339. The Morgan fingerprint density at radius 1 is 1.13 bits per heavy atom. The predicted molar refractivity (Wildman–Crippen MR) is 117 cm³/mol. The molecule has 30 heavy (non-hydrogen) atoms. The summed E-state index contributed by atoms with van der Waals surface area (Å²) < 4.78 is 11.5. The average Bonchev–Trinajstić information content (AvgIpc) is 3.16. The summed E-state index contributed by atoms with van der Waals surface area (Å²) >= 11 is 0. The fourth-order valence-corrected chi connectivity index (χ4v) is 3.18. The predicted octanol–water partition coefficient (Wildman–Crippen LogP) is 4.70. The minimum Gasteiger partial charge on any atom is -0.494 e. The van der Waals surface area contributed by atoms with E-state index in [-0.39, 0.29) is 17.3 Å². The Labute approximate surface area is 174 Å². The third-order valence-electron chi connectivity index (χ3n) is 4.58. The Morgan fingerprint density at radius 3 is 2.67 bits per heavy atom. The van der Waals surface area contributed by atoms with Crippen LogP contribution in [0.25, 0.3) is 22.5 Å². The van der Waals surface area contributed by atoms with Crippen LogP contribution in [0.4, 0.5) is 17.5 Å². The Kier molecular flexibility index (Phi) is 4.99. The number of aromatic nitrogens is 4. The molecule has 0 aliphatic carbocycles. The van der Waals surface area contributed by atoms with Crippen molar-refractivity contribution in [1.82, 2.24) is 20.2 Å². The van der Waals surface area contributed by atoms with Crippen LogP contribution in [0.3, 0.4) is 0 Å². The molecule has 0 saturated heterocycles. The van der Waals surface area contributed by atoms with Crippen molar-refractivity contribution in [3.63, 3.8) is 0 Å². The van der Waals surface area contributed by atoms with Gasteiger partial charge in [0, 0.05) is 17.3 Å². The van der Waals surface area contributed by atoms with Crippen molar-refractivity contribution < 1.29 is 9.15 Å². The van der Waals surface area contributed by atoms with Gasteiger partial charge in [0.15, 0.2) is 0 Å². The van der Waals surface area contributed by atoms with Gasteiger partial charge in [-0.05, 0) is 48.2 Å². The van der Waals surface area contributed by atoms with Crippen molar-refractivity contribution in [1.29, 1.82) is 0 Å². The van der Waals surface area contributed by atoms with Crippen molar-refractivity contribution in [2.45, 2.75) is 33.1 Å². The number of nitrogens with one attached hydrogen (secondary N) is 1. The molecule has 0 aliphatic heterocycles. The topological polar surface area (TPSA) is 112 Å². The summed E-state index contributed by atoms with van der Waals surface area (Å²) in [5, 5.41) is 12.0. The number of rotatable bonds is 5. The van der Waals surface area contributed by atoms with Gasteiger partial charge in [0.2, 0.25) is 0 Å². The van der Waals surface area contributed by atoms with E-state index in [1.165, 1.54) is 0 Å². The van der Waals surface area contributed by atoms with Crippen LogP contribution in [0.5, 0.6) is 5.75 Å². The molecule has 0 bridgehead atoms. The number of nitrogens with two attached hydrogens (primary N) is 1. The second-order valence-corrected chi connectivity index (χ2v) is 7.90. The van der Waals surface area contributed by atoms with E-state index in [1.807, 2.05) is 37.3 Å². The second-order valence-electron chi connectivity index (χ2n) is 7.90. The van der Waals surface area contributed by atoms with E-state index in [4.69, 9.17) is 19.9 Å². The monoisotopic (exact) mass is 404 g/mol. The van der Waals surface area contributed by atoms with Gasteiger partial charge in [0.25, 0.3) is 5.89 Å². The Bertz CT molecular complexity index is 1180. The van der Waals surface area contributed by atoms with E-state index < -0.39 is 0 Å². The Morgan fingerprint density at radius 2 is 1.97 bits per heavy atom. The smallest absolute Gasteiger partial charge is 0.321 e. The number of benzene rings is 1. The fourth-order valence-electron chi connectivity index (χ4n) is 3.18. The first-order valence-corrected chi connectivity index (χ1v) is 9.74. The van der Waals surface area contributed by atoms with Gasteiger partial charge < -0.3 is 14.9 Å². The zero-order valence-electron chi connectivity index (χ0n) is 17.4. The third kappa shape index (κ3) is 3.89. The average molecular weight is 404 g/mol. The van der Waals surface area contributed by atoms with Crippen LogP contribution >= 0.6 is 0 Å². The van der Waals surface area contributed by atoms with Crippen LogP contribution < -0.4 is 15.8 Å².